The van der Waals surface area contributed by atoms with Crippen LogP contribution in [0.2, 0.25) is 0 Å². The summed E-state index contributed by atoms with van der Waals surface area (Å²) in [5, 5.41) is 35.2. The first kappa shape index (κ1) is 33.5. The number of amides is 3. The Kier molecular flexibility index (Phi) is 16.2. The fourth-order valence-corrected chi connectivity index (χ4v) is 3.34. The van der Waals surface area contributed by atoms with Gasteiger partial charge in [-0.1, -0.05) is 20.3 Å². The van der Waals surface area contributed by atoms with Crippen LogP contribution in [-0.4, -0.2) is 83.1 Å². The van der Waals surface area contributed by atoms with Gasteiger partial charge in [0.25, 0.3) is 0 Å². The first-order valence-electron chi connectivity index (χ1n) is 12.2. The fourth-order valence-electron chi connectivity index (χ4n) is 3.34. The van der Waals surface area contributed by atoms with Gasteiger partial charge in [0.15, 0.2) is 5.96 Å². The molecule has 0 saturated heterocycles. The number of hydrogen-bond acceptors (Lipinski definition) is 8. The number of nitrogens with two attached hydrogens (primary N) is 3. The van der Waals surface area contributed by atoms with Crippen molar-refractivity contribution in [3.63, 3.8) is 0 Å². The molecule has 0 aromatic heterocycles. The van der Waals surface area contributed by atoms with E-state index in [0.717, 1.165) is 0 Å². The van der Waals surface area contributed by atoms with Crippen molar-refractivity contribution in [1.29, 1.82) is 5.41 Å². The lowest BCUT2D eigenvalue weighted by molar-refractivity contribution is -0.147. The smallest absolute Gasteiger partial charge is 0.326 e. The normalized spacial score (nSPS) is 14.1. The monoisotopic (exact) mass is 530 g/mol. The van der Waals surface area contributed by atoms with Gasteiger partial charge in [-0.2, -0.15) is 0 Å². The van der Waals surface area contributed by atoms with E-state index >= 15 is 0 Å². The number of rotatable bonds is 19. The first-order chi connectivity index (χ1) is 17.3. The SMILES string of the molecule is CC(C)C[C@H](NC(=O)[C@@H](N)CCCCN)C(=O)N[C@@H](CCCNC(=N)N)C(=O)N[C@@H](CC(=O)O)C(=O)O. The molecule has 4 atom stereocenters. The minimum atomic E-state index is -1.71. The molecule has 37 heavy (non-hydrogen) atoms. The van der Waals surface area contributed by atoms with E-state index in [-0.39, 0.29) is 37.7 Å². The highest BCUT2D eigenvalue weighted by Crippen LogP contribution is 2.08. The lowest BCUT2D eigenvalue weighted by Gasteiger charge is -2.26. The number of carbonyl (C=O) groups excluding carboxylic acids is 3. The van der Waals surface area contributed by atoms with Crippen LogP contribution >= 0.6 is 0 Å². The molecule has 0 aromatic rings. The summed E-state index contributed by atoms with van der Waals surface area (Å²) in [5.74, 6) is -5.40. The van der Waals surface area contributed by atoms with Crippen molar-refractivity contribution in [3.05, 3.63) is 0 Å². The second kappa shape index (κ2) is 17.9. The van der Waals surface area contributed by atoms with Gasteiger partial charge in [0.2, 0.25) is 17.7 Å². The summed E-state index contributed by atoms with van der Waals surface area (Å²) < 4.78 is 0. The summed E-state index contributed by atoms with van der Waals surface area (Å²) in [7, 11) is 0. The average Bonchev–Trinajstić information content (AvgIpc) is 2.79. The summed E-state index contributed by atoms with van der Waals surface area (Å²) >= 11 is 0. The molecule has 0 heterocycles. The van der Waals surface area contributed by atoms with Gasteiger partial charge >= 0.3 is 11.9 Å². The maximum Gasteiger partial charge on any atom is 0.326 e. The van der Waals surface area contributed by atoms with Gasteiger partial charge in [0.1, 0.15) is 18.1 Å². The van der Waals surface area contributed by atoms with E-state index in [1.807, 2.05) is 13.8 Å². The van der Waals surface area contributed by atoms with Gasteiger partial charge in [0, 0.05) is 6.54 Å². The number of nitrogens with one attached hydrogen (secondary N) is 5. The topological polar surface area (TPSA) is 276 Å². The van der Waals surface area contributed by atoms with Gasteiger partial charge in [0.05, 0.1) is 12.5 Å². The van der Waals surface area contributed by atoms with E-state index in [0.29, 0.717) is 25.8 Å². The number of carbonyl (C=O) groups is 5. The maximum atomic E-state index is 13.1. The summed E-state index contributed by atoms with van der Waals surface area (Å²) in [4.78, 5) is 60.9. The predicted octanol–water partition coefficient (Wildman–Crippen LogP) is -2.23. The maximum absolute atomic E-state index is 13.1. The first-order valence-corrected chi connectivity index (χ1v) is 12.2. The average molecular weight is 531 g/mol. The Morgan fingerprint density at radius 1 is 0.838 bits per heavy atom. The molecule has 0 aromatic carbocycles. The third-order valence-corrected chi connectivity index (χ3v) is 5.26. The van der Waals surface area contributed by atoms with Crippen LogP contribution in [0.5, 0.6) is 0 Å². The van der Waals surface area contributed by atoms with Crippen molar-refractivity contribution in [3.8, 4) is 0 Å². The van der Waals surface area contributed by atoms with Crippen molar-refractivity contribution < 1.29 is 34.2 Å². The Hall–Kier alpha value is -3.46. The van der Waals surface area contributed by atoms with E-state index < -0.39 is 60.2 Å². The third-order valence-electron chi connectivity index (χ3n) is 5.26. The fraction of sp³-hybridized carbons (Fsp3) is 0.727. The summed E-state index contributed by atoms with van der Waals surface area (Å²) in [6.45, 7) is 4.34. The standard InChI is InChI=1S/C22H42N8O7/c1-12(2)10-15(29-18(33)13(24)6-3-4-8-23)20(35)28-14(7-5-9-27-22(25)26)19(34)30-16(21(36)37)11-17(31)32/h12-16H,3-11,23-24H2,1-2H3,(H,28,35)(H,29,33)(H,30,34)(H,31,32)(H,36,37)(H4,25,26,27)/t13-,14-,15-,16-/m0/s1. The van der Waals surface area contributed by atoms with E-state index in [2.05, 4.69) is 21.3 Å². The van der Waals surface area contributed by atoms with Crippen LogP contribution in [0.4, 0.5) is 0 Å². The minimum Gasteiger partial charge on any atom is -0.481 e. The molecule has 0 aliphatic heterocycles. The molecule has 0 spiro atoms. The number of aliphatic carboxylic acids is 2. The molecule has 0 aliphatic carbocycles. The molecule has 0 aliphatic rings. The lowest BCUT2D eigenvalue weighted by Crippen LogP contribution is -2.57. The largest absolute Gasteiger partial charge is 0.481 e. The molecule has 212 valence electrons. The van der Waals surface area contributed by atoms with Crippen LogP contribution in [0.15, 0.2) is 0 Å². The second-order valence-electron chi connectivity index (χ2n) is 9.12. The summed E-state index contributed by atoms with van der Waals surface area (Å²) in [5.41, 5.74) is 16.6. The summed E-state index contributed by atoms with van der Waals surface area (Å²) in [6, 6.07) is -4.83. The number of guanidine groups is 1. The zero-order chi connectivity index (χ0) is 28.5. The zero-order valence-electron chi connectivity index (χ0n) is 21.4. The Balaban J connectivity index is 5.56. The molecular weight excluding hydrogens is 488 g/mol. The van der Waals surface area contributed by atoms with E-state index in [1.165, 1.54) is 0 Å². The molecule has 15 heteroatoms. The van der Waals surface area contributed by atoms with E-state index in [9.17, 15) is 29.1 Å². The van der Waals surface area contributed by atoms with Gasteiger partial charge in [-0.25, -0.2) is 4.79 Å². The Morgan fingerprint density at radius 2 is 1.41 bits per heavy atom. The zero-order valence-corrected chi connectivity index (χ0v) is 21.4. The molecule has 3 amide bonds. The van der Waals surface area contributed by atoms with Crippen molar-refractivity contribution in [2.24, 2.45) is 23.1 Å². The van der Waals surface area contributed by atoms with Gasteiger partial charge in [-0.15, -0.1) is 0 Å². The second-order valence-corrected chi connectivity index (χ2v) is 9.12. The highest BCUT2D eigenvalue weighted by molar-refractivity contribution is 5.94. The van der Waals surface area contributed by atoms with Crippen LogP contribution in [0.25, 0.3) is 0 Å². The van der Waals surface area contributed by atoms with Crippen LogP contribution in [0.1, 0.15) is 58.8 Å². The van der Waals surface area contributed by atoms with Crippen molar-refractivity contribution in [2.45, 2.75) is 83.0 Å². The number of carboxylic acid groups (broad SMARTS) is 2. The van der Waals surface area contributed by atoms with E-state index in [1.54, 1.807) is 0 Å². The van der Waals surface area contributed by atoms with Gasteiger partial charge < -0.3 is 48.7 Å². The predicted molar refractivity (Wildman–Crippen MR) is 135 cm³/mol. The molecular formula is C22H42N8O7. The summed E-state index contributed by atoms with van der Waals surface area (Å²) in [6.07, 6.45) is 1.37. The number of unbranched alkanes of at least 4 members (excludes halogenated alkanes) is 1. The highest BCUT2D eigenvalue weighted by Gasteiger charge is 2.31. The number of carboxylic acids is 2. The van der Waals surface area contributed by atoms with E-state index in [4.69, 9.17) is 27.7 Å². The molecule has 0 saturated carbocycles. The van der Waals surface area contributed by atoms with Crippen LogP contribution in [-0.2, 0) is 24.0 Å². The van der Waals surface area contributed by atoms with Gasteiger partial charge in [-0.3, -0.25) is 24.6 Å². The molecule has 0 radical (unpaired) electrons. The molecule has 15 nitrogen and oxygen atoms in total. The lowest BCUT2D eigenvalue weighted by atomic mass is 10.0. The molecule has 0 bridgehead atoms. The van der Waals surface area contributed by atoms with Crippen molar-refractivity contribution in [1.82, 2.24) is 21.3 Å². The van der Waals surface area contributed by atoms with Crippen molar-refractivity contribution >= 4 is 35.6 Å². The Morgan fingerprint density at radius 3 is 1.92 bits per heavy atom. The molecule has 0 unspecified atom stereocenters. The third kappa shape index (κ3) is 15.3. The molecule has 0 fully saturated rings. The number of hydrogen-bond donors (Lipinski definition) is 10. The van der Waals surface area contributed by atoms with Crippen LogP contribution in [0, 0.1) is 11.3 Å². The van der Waals surface area contributed by atoms with Gasteiger partial charge in [-0.05, 0) is 44.6 Å². The quantitative estimate of drug-likeness (QED) is 0.0484. The minimum absolute atomic E-state index is 0.0106. The highest BCUT2D eigenvalue weighted by atomic mass is 16.4. The Bertz CT molecular complexity index is 793. The molecule has 0 rings (SSSR count). The van der Waals surface area contributed by atoms with Crippen molar-refractivity contribution in [2.75, 3.05) is 13.1 Å². The Labute approximate surface area is 216 Å². The van der Waals surface area contributed by atoms with Crippen LogP contribution < -0.4 is 38.5 Å². The molecule has 13 N–H and O–H groups in total. The van der Waals surface area contributed by atoms with Crippen LogP contribution in [0.3, 0.4) is 0 Å².